The molecule has 16 heavy (non-hydrogen) atoms. The average Bonchev–Trinajstić information content (AvgIpc) is 2.69. The Morgan fingerprint density at radius 2 is 1.50 bits per heavy atom. The number of hydrogen-bond donors (Lipinski definition) is 2. The number of nitrogens with one attached hydrogen (secondary N) is 2. The third-order valence-corrected chi connectivity index (χ3v) is 2.06. The van der Waals surface area contributed by atoms with Crippen LogP contribution in [0.25, 0.3) is 11.1 Å². The minimum Gasteiger partial charge on any atom is -0.289 e. The minimum absolute atomic E-state index is 1.31. The number of hydrazine groups is 1. The highest BCUT2D eigenvalue weighted by atomic mass is 15.6. The summed E-state index contributed by atoms with van der Waals surface area (Å²) in [7, 11) is 0. The molecule has 4 heteroatoms. The molecule has 0 spiro atoms. The van der Waals surface area contributed by atoms with Gasteiger partial charge in [-0.1, -0.05) is 53.8 Å². The van der Waals surface area contributed by atoms with Gasteiger partial charge in [-0.05, 0) is 11.1 Å². The summed E-state index contributed by atoms with van der Waals surface area (Å²) in [5.74, 6) is 0. The van der Waals surface area contributed by atoms with E-state index in [2.05, 4.69) is 63.8 Å². The van der Waals surface area contributed by atoms with E-state index in [1.807, 2.05) is 6.07 Å². The molecule has 0 aromatic rings. The topological polar surface area (TPSA) is 48.8 Å². The van der Waals surface area contributed by atoms with Gasteiger partial charge in [0.05, 0.1) is 6.20 Å². The van der Waals surface area contributed by atoms with Crippen molar-refractivity contribution in [2.45, 2.75) is 0 Å². The Morgan fingerprint density at radius 3 is 1.94 bits per heavy atom. The Balaban J connectivity index is 0.000000138. The summed E-state index contributed by atoms with van der Waals surface area (Å²) in [4.78, 5) is 0. The van der Waals surface area contributed by atoms with E-state index >= 15 is 0 Å². The summed E-state index contributed by atoms with van der Waals surface area (Å²) < 4.78 is 0. The van der Waals surface area contributed by atoms with Gasteiger partial charge in [0.25, 0.3) is 0 Å². The van der Waals surface area contributed by atoms with E-state index in [1.165, 1.54) is 11.1 Å². The zero-order valence-corrected chi connectivity index (χ0v) is 8.67. The van der Waals surface area contributed by atoms with E-state index in [0.29, 0.717) is 0 Å². The molecule has 0 fully saturated rings. The molecule has 1 heterocycles. The molecule has 0 saturated carbocycles. The largest absolute Gasteiger partial charge is 0.289 e. The van der Waals surface area contributed by atoms with Gasteiger partial charge in [-0.25, -0.2) is 5.53 Å². The Labute approximate surface area is 94.0 Å². The summed E-state index contributed by atoms with van der Waals surface area (Å²) in [6, 6.07) is 16.7. The van der Waals surface area contributed by atoms with Crippen LogP contribution in [0.15, 0.2) is 71.3 Å². The van der Waals surface area contributed by atoms with E-state index in [0.717, 1.165) is 0 Å². The van der Waals surface area contributed by atoms with Crippen LogP contribution >= 0.6 is 0 Å². The first-order chi connectivity index (χ1) is 7.97. The SMILES string of the molecule is C1=CNNN=N1.c1ccc2cccc-2cc1. The Hall–Kier alpha value is -2.36. The maximum Gasteiger partial charge on any atom is 0.0689 e. The van der Waals surface area contributed by atoms with Gasteiger partial charge in [0, 0.05) is 6.20 Å². The summed E-state index contributed by atoms with van der Waals surface area (Å²) in [6.07, 6.45) is 3.20. The average molecular weight is 212 g/mol. The lowest BCUT2D eigenvalue weighted by atomic mass is 10.2. The number of rotatable bonds is 0. The van der Waals surface area contributed by atoms with Crippen molar-refractivity contribution in [2.75, 3.05) is 0 Å². The van der Waals surface area contributed by atoms with Crippen LogP contribution in [-0.2, 0) is 0 Å². The van der Waals surface area contributed by atoms with Crippen molar-refractivity contribution in [1.82, 2.24) is 11.0 Å². The predicted octanol–water partition coefficient (Wildman–Crippen LogP) is 2.72. The lowest BCUT2D eigenvalue weighted by molar-refractivity contribution is 0.608. The van der Waals surface area contributed by atoms with Crippen LogP contribution in [0, 0.1) is 0 Å². The van der Waals surface area contributed by atoms with Crippen molar-refractivity contribution in [3.8, 4) is 11.1 Å². The van der Waals surface area contributed by atoms with Gasteiger partial charge in [-0.15, -0.1) is 5.11 Å². The third kappa shape index (κ3) is 2.81. The Kier molecular flexibility index (Phi) is 3.50. The fraction of sp³-hybridized carbons (Fsp3) is 0. The second kappa shape index (κ2) is 5.50. The van der Waals surface area contributed by atoms with E-state index in [1.54, 1.807) is 12.4 Å². The van der Waals surface area contributed by atoms with Gasteiger partial charge in [-0.2, -0.15) is 0 Å². The van der Waals surface area contributed by atoms with Gasteiger partial charge in [0.15, 0.2) is 0 Å². The van der Waals surface area contributed by atoms with Crippen molar-refractivity contribution in [2.24, 2.45) is 10.3 Å². The van der Waals surface area contributed by atoms with Crippen LogP contribution in [0.4, 0.5) is 0 Å². The zero-order chi connectivity index (χ0) is 11.1. The van der Waals surface area contributed by atoms with Crippen LogP contribution in [0.5, 0.6) is 0 Å². The minimum atomic E-state index is 1.31. The van der Waals surface area contributed by atoms with E-state index in [9.17, 15) is 0 Å². The summed E-state index contributed by atoms with van der Waals surface area (Å²) >= 11 is 0. The molecule has 0 saturated heterocycles. The molecule has 0 aromatic heterocycles. The van der Waals surface area contributed by atoms with Gasteiger partial charge < -0.3 is 0 Å². The van der Waals surface area contributed by atoms with E-state index in [-0.39, 0.29) is 0 Å². The highest BCUT2D eigenvalue weighted by molar-refractivity contribution is 5.65. The van der Waals surface area contributed by atoms with Crippen LogP contribution in [-0.4, -0.2) is 0 Å². The predicted molar refractivity (Wildman–Crippen MR) is 63.3 cm³/mol. The van der Waals surface area contributed by atoms with Crippen molar-refractivity contribution in [3.05, 3.63) is 60.9 Å². The first-order valence-corrected chi connectivity index (χ1v) is 4.96. The number of fused-ring (bicyclic) bond motifs is 1. The molecule has 80 valence electrons. The molecule has 0 atom stereocenters. The first kappa shape index (κ1) is 10.2. The van der Waals surface area contributed by atoms with Crippen LogP contribution in [0.1, 0.15) is 0 Å². The third-order valence-electron chi connectivity index (χ3n) is 2.06. The van der Waals surface area contributed by atoms with Crippen molar-refractivity contribution in [3.63, 3.8) is 0 Å². The molecule has 4 nitrogen and oxygen atoms in total. The molecule has 3 aliphatic rings. The Bertz CT molecular complexity index is 425. The van der Waals surface area contributed by atoms with Gasteiger partial charge in [0.1, 0.15) is 0 Å². The Morgan fingerprint density at radius 1 is 0.812 bits per heavy atom. The van der Waals surface area contributed by atoms with E-state index in [4.69, 9.17) is 0 Å². The second-order valence-corrected chi connectivity index (χ2v) is 3.13. The molecule has 0 radical (unpaired) electrons. The second-order valence-electron chi connectivity index (χ2n) is 3.13. The van der Waals surface area contributed by atoms with Gasteiger partial charge >= 0.3 is 0 Å². The lowest BCUT2D eigenvalue weighted by Crippen LogP contribution is -2.21. The molecule has 2 aliphatic carbocycles. The quantitative estimate of drug-likeness (QED) is 0.705. The molecular formula is C12H12N4. The maximum absolute atomic E-state index is 3.45. The highest BCUT2D eigenvalue weighted by Crippen LogP contribution is 2.19. The fourth-order valence-corrected chi connectivity index (χ4v) is 1.33. The lowest BCUT2D eigenvalue weighted by Gasteiger charge is -1.96. The molecule has 0 unspecified atom stereocenters. The molecule has 0 amide bonds. The molecule has 0 bridgehead atoms. The first-order valence-electron chi connectivity index (χ1n) is 4.96. The molecular weight excluding hydrogens is 200 g/mol. The maximum atomic E-state index is 3.45. The molecule has 1 aliphatic heterocycles. The standard InChI is InChI=1S/C10H8.C2H4N4/c1-2-5-9-7-4-8-10(9)6-3-1;1-2-4-6-5-3-1/h1-8H;1-2H,(H,3,6)(H,4,5). The highest BCUT2D eigenvalue weighted by Gasteiger charge is 1.94. The van der Waals surface area contributed by atoms with Crippen molar-refractivity contribution < 1.29 is 0 Å². The summed E-state index contributed by atoms with van der Waals surface area (Å²) in [5.41, 5.74) is 7.62. The van der Waals surface area contributed by atoms with Crippen LogP contribution in [0.3, 0.4) is 0 Å². The molecule has 3 rings (SSSR count). The fourth-order valence-electron chi connectivity index (χ4n) is 1.33. The van der Waals surface area contributed by atoms with Crippen LogP contribution in [0.2, 0.25) is 0 Å². The molecule has 0 aromatic carbocycles. The molecule has 2 N–H and O–H groups in total. The van der Waals surface area contributed by atoms with E-state index < -0.39 is 0 Å². The monoisotopic (exact) mass is 212 g/mol. The van der Waals surface area contributed by atoms with Gasteiger partial charge in [0.2, 0.25) is 0 Å². The zero-order valence-electron chi connectivity index (χ0n) is 8.67. The smallest absolute Gasteiger partial charge is 0.0689 e. The number of nitrogens with zero attached hydrogens (tertiary/aromatic N) is 2. The number of hydrogen-bond acceptors (Lipinski definition) is 4. The normalized spacial score (nSPS) is 12.2. The van der Waals surface area contributed by atoms with Crippen LogP contribution < -0.4 is 11.0 Å². The van der Waals surface area contributed by atoms with Gasteiger partial charge in [-0.3, -0.25) is 5.43 Å². The van der Waals surface area contributed by atoms with Crippen molar-refractivity contribution >= 4 is 0 Å². The summed E-state index contributed by atoms with van der Waals surface area (Å²) in [5, 5.41) is 6.80. The van der Waals surface area contributed by atoms with Crippen molar-refractivity contribution in [1.29, 1.82) is 0 Å². The summed E-state index contributed by atoms with van der Waals surface area (Å²) in [6.45, 7) is 0.